The molecular formula is C10H10BrNO2. The quantitative estimate of drug-likeness (QED) is 0.816. The van der Waals surface area contributed by atoms with E-state index < -0.39 is 0 Å². The lowest BCUT2D eigenvalue weighted by atomic mass is 10.1. The van der Waals surface area contributed by atoms with Gasteiger partial charge in [-0.25, -0.2) is 0 Å². The van der Waals surface area contributed by atoms with Crippen molar-refractivity contribution in [1.29, 1.82) is 0 Å². The highest BCUT2D eigenvalue weighted by atomic mass is 79.9. The molecule has 2 N–H and O–H groups in total. The Morgan fingerprint density at radius 1 is 1.57 bits per heavy atom. The number of ketones is 1. The Morgan fingerprint density at radius 3 is 3.07 bits per heavy atom. The average Bonchev–Trinajstić information content (AvgIpc) is 2.62. The normalized spacial score (nSPS) is 13.6. The summed E-state index contributed by atoms with van der Waals surface area (Å²) in [6.45, 7) is 0.670. The lowest BCUT2D eigenvalue weighted by molar-refractivity contribution is 0.0998. The molecule has 0 aromatic heterocycles. The summed E-state index contributed by atoms with van der Waals surface area (Å²) >= 11 is 3.36. The Balaban J connectivity index is 2.54. The molecule has 0 saturated heterocycles. The molecule has 0 bridgehead atoms. The average molecular weight is 256 g/mol. The van der Waals surface area contributed by atoms with E-state index >= 15 is 0 Å². The number of hydrogen-bond acceptors (Lipinski definition) is 3. The van der Waals surface area contributed by atoms with Crippen LogP contribution in [0.2, 0.25) is 0 Å². The summed E-state index contributed by atoms with van der Waals surface area (Å²) in [6, 6.07) is 3.75. The fourth-order valence-corrected chi connectivity index (χ4v) is 2.09. The number of rotatable bonds is 2. The van der Waals surface area contributed by atoms with Gasteiger partial charge in [0.05, 0.1) is 18.7 Å². The fraction of sp³-hybridized carbons (Fsp3) is 0.300. The van der Waals surface area contributed by atoms with Gasteiger partial charge in [-0.15, -0.1) is 0 Å². The highest BCUT2D eigenvalue weighted by Crippen LogP contribution is 2.32. The van der Waals surface area contributed by atoms with Gasteiger partial charge in [-0.3, -0.25) is 4.79 Å². The molecule has 1 aliphatic rings. The van der Waals surface area contributed by atoms with Crippen LogP contribution in [0.15, 0.2) is 16.6 Å². The zero-order valence-electron chi connectivity index (χ0n) is 7.55. The molecule has 0 amide bonds. The molecule has 2 rings (SSSR count). The van der Waals surface area contributed by atoms with Crippen LogP contribution >= 0.6 is 15.9 Å². The van der Waals surface area contributed by atoms with E-state index in [2.05, 4.69) is 15.9 Å². The first kappa shape index (κ1) is 9.68. The minimum Gasteiger partial charge on any atom is -0.492 e. The van der Waals surface area contributed by atoms with Crippen LogP contribution in [0, 0.1) is 0 Å². The number of fused-ring (bicyclic) bond motifs is 1. The van der Waals surface area contributed by atoms with Gasteiger partial charge in [0.25, 0.3) is 0 Å². The van der Waals surface area contributed by atoms with E-state index in [1.54, 1.807) is 6.07 Å². The third-order valence-corrected chi connectivity index (χ3v) is 2.69. The van der Waals surface area contributed by atoms with E-state index in [9.17, 15) is 4.79 Å². The van der Waals surface area contributed by atoms with E-state index in [0.29, 0.717) is 17.9 Å². The maximum Gasteiger partial charge on any atom is 0.180 e. The molecule has 1 aromatic carbocycles. The van der Waals surface area contributed by atoms with Crippen molar-refractivity contribution in [2.45, 2.75) is 6.42 Å². The molecule has 0 radical (unpaired) electrons. The predicted octanol–water partition coefficient (Wildman–Crippen LogP) is 1.53. The van der Waals surface area contributed by atoms with Gasteiger partial charge in [-0.05, 0) is 17.7 Å². The first-order valence-corrected chi connectivity index (χ1v) is 5.20. The van der Waals surface area contributed by atoms with Crippen molar-refractivity contribution in [3.8, 4) is 5.75 Å². The second kappa shape index (κ2) is 3.71. The zero-order chi connectivity index (χ0) is 10.1. The van der Waals surface area contributed by atoms with Crippen molar-refractivity contribution in [2.75, 3.05) is 13.2 Å². The number of halogens is 1. The van der Waals surface area contributed by atoms with Crippen molar-refractivity contribution in [2.24, 2.45) is 5.73 Å². The molecule has 1 heterocycles. The smallest absolute Gasteiger partial charge is 0.180 e. The van der Waals surface area contributed by atoms with Crippen LogP contribution < -0.4 is 10.5 Å². The molecule has 1 aromatic rings. The number of benzene rings is 1. The number of nitrogens with two attached hydrogens (primary N) is 1. The van der Waals surface area contributed by atoms with Crippen LogP contribution in [0.5, 0.6) is 5.75 Å². The predicted molar refractivity (Wildman–Crippen MR) is 56.7 cm³/mol. The van der Waals surface area contributed by atoms with Crippen LogP contribution in [0.1, 0.15) is 15.9 Å². The van der Waals surface area contributed by atoms with Crippen molar-refractivity contribution < 1.29 is 9.53 Å². The van der Waals surface area contributed by atoms with Crippen LogP contribution in [0.25, 0.3) is 0 Å². The van der Waals surface area contributed by atoms with Crippen molar-refractivity contribution in [1.82, 2.24) is 0 Å². The van der Waals surface area contributed by atoms with E-state index in [0.717, 1.165) is 16.5 Å². The summed E-state index contributed by atoms with van der Waals surface area (Å²) in [5.41, 5.74) is 7.00. The SMILES string of the molecule is NCC(=O)c1cc(Br)cc2c1OCC2. The van der Waals surface area contributed by atoms with E-state index in [1.807, 2.05) is 6.07 Å². The standard InChI is InChI=1S/C10H10BrNO2/c11-7-3-6-1-2-14-10(6)8(4-7)9(13)5-12/h3-4H,1-2,5,12H2. The summed E-state index contributed by atoms with van der Waals surface area (Å²) in [7, 11) is 0. The Labute approximate surface area is 90.4 Å². The van der Waals surface area contributed by atoms with Gasteiger partial charge in [-0.1, -0.05) is 15.9 Å². The first-order valence-electron chi connectivity index (χ1n) is 4.41. The third kappa shape index (κ3) is 1.55. The summed E-state index contributed by atoms with van der Waals surface area (Å²) < 4.78 is 6.31. The Morgan fingerprint density at radius 2 is 2.36 bits per heavy atom. The summed E-state index contributed by atoms with van der Waals surface area (Å²) in [6.07, 6.45) is 0.861. The number of ether oxygens (including phenoxy) is 1. The Bertz CT molecular complexity index is 390. The minimum absolute atomic E-state index is 0.0201. The molecule has 14 heavy (non-hydrogen) atoms. The molecule has 0 fully saturated rings. The maximum absolute atomic E-state index is 11.5. The number of carbonyl (C=O) groups excluding carboxylic acids is 1. The highest BCUT2D eigenvalue weighted by Gasteiger charge is 2.20. The molecule has 0 spiro atoms. The Hall–Kier alpha value is -0.870. The van der Waals surface area contributed by atoms with Crippen molar-refractivity contribution >= 4 is 21.7 Å². The molecule has 0 unspecified atom stereocenters. The highest BCUT2D eigenvalue weighted by molar-refractivity contribution is 9.10. The van der Waals surface area contributed by atoms with Gasteiger partial charge in [0.15, 0.2) is 5.78 Å². The van der Waals surface area contributed by atoms with Gasteiger partial charge < -0.3 is 10.5 Å². The lowest BCUT2D eigenvalue weighted by Gasteiger charge is -2.06. The largest absolute Gasteiger partial charge is 0.492 e. The monoisotopic (exact) mass is 255 g/mol. The van der Waals surface area contributed by atoms with Crippen molar-refractivity contribution in [3.63, 3.8) is 0 Å². The molecule has 1 aliphatic heterocycles. The van der Waals surface area contributed by atoms with Gasteiger partial charge >= 0.3 is 0 Å². The van der Waals surface area contributed by atoms with Gasteiger partial charge in [0.2, 0.25) is 0 Å². The van der Waals surface area contributed by atoms with Crippen LogP contribution in [0.4, 0.5) is 0 Å². The molecule has 0 aliphatic carbocycles. The van der Waals surface area contributed by atoms with Crippen molar-refractivity contribution in [3.05, 3.63) is 27.7 Å². The van der Waals surface area contributed by atoms with Crippen LogP contribution in [-0.4, -0.2) is 18.9 Å². The van der Waals surface area contributed by atoms with Crippen LogP contribution in [0.3, 0.4) is 0 Å². The summed E-state index contributed by atoms with van der Waals surface area (Å²) in [4.78, 5) is 11.5. The second-order valence-corrected chi connectivity index (χ2v) is 4.08. The maximum atomic E-state index is 11.5. The lowest BCUT2D eigenvalue weighted by Crippen LogP contribution is -2.14. The number of hydrogen-bond donors (Lipinski definition) is 1. The fourth-order valence-electron chi connectivity index (χ4n) is 1.59. The Kier molecular flexibility index (Phi) is 2.56. The summed E-state index contributed by atoms with van der Waals surface area (Å²) in [5, 5.41) is 0. The molecule has 4 heteroatoms. The van der Waals surface area contributed by atoms with Crippen LogP contribution in [-0.2, 0) is 6.42 Å². The number of carbonyl (C=O) groups is 1. The molecule has 74 valence electrons. The molecule has 3 nitrogen and oxygen atoms in total. The molecule has 0 atom stereocenters. The minimum atomic E-state index is -0.0792. The van der Waals surface area contributed by atoms with E-state index in [1.165, 1.54) is 0 Å². The van der Waals surface area contributed by atoms with E-state index in [-0.39, 0.29) is 12.3 Å². The summed E-state index contributed by atoms with van der Waals surface area (Å²) in [5.74, 6) is 0.633. The second-order valence-electron chi connectivity index (χ2n) is 3.17. The first-order chi connectivity index (χ1) is 6.72. The topological polar surface area (TPSA) is 52.3 Å². The number of Topliss-reactive ketones (excluding diaryl/α,β-unsaturated/α-hetero) is 1. The van der Waals surface area contributed by atoms with Gasteiger partial charge in [-0.2, -0.15) is 0 Å². The molecule has 0 saturated carbocycles. The zero-order valence-corrected chi connectivity index (χ0v) is 9.13. The van der Waals surface area contributed by atoms with Gasteiger partial charge in [0.1, 0.15) is 5.75 Å². The molecular weight excluding hydrogens is 246 g/mol. The van der Waals surface area contributed by atoms with E-state index in [4.69, 9.17) is 10.5 Å². The van der Waals surface area contributed by atoms with Gasteiger partial charge in [0, 0.05) is 10.9 Å². The third-order valence-electron chi connectivity index (χ3n) is 2.23.